The molecule has 2 aliphatic rings. The van der Waals surface area contributed by atoms with E-state index in [-0.39, 0.29) is 0 Å². The molecule has 18 heavy (non-hydrogen) atoms. The molecule has 106 valence electrons. The van der Waals surface area contributed by atoms with Crippen LogP contribution in [-0.4, -0.2) is 48.1 Å². The maximum Gasteiger partial charge on any atom is 0.0214 e. The van der Waals surface area contributed by atoms with Crippen LogP contribution in [0.3, 0.4) is 0 Å². The van der Waals surface area contributed by atoms with Gasteiger partial charge in [0.05, 0.1) is 0 Å². The summed E-state index contributed by atoms with van der Waals surface area (Å²) in [5, 5.41) is 4.50. The van der Waals surface area contributed by atoms with E-state index in [1.807, 2.05) is 0 Å². The van der Waals surface area contributed by atoms with E-state index in [1.54, 1.807) is 0 Å². The fourth-order valence-electron chi connectivity index (χ4n) is 3.50. The predicted molar refractivity (Wildman–Crippen MR) is 82.4 cm³/mol. The highest BCUT2D eigenvalue weighted by atomic mass is 32.2. The van der Waals surface area contributed by atoms with E-state index in [9.17, 15) is 0 Å². The van der Waals surface area contributed by atoms with Gasteiger partial charge in [-0.1, -0.05) is 26.7 Å². The van der Waals surface area contributed by atoms with Crippen LogP contribution in [0.5, 0.6) is 0 Å². The average Bonchev–Trinajstić information content (AvgIpc) is 2.85. The smallest absolute Gasteiger partial charge is 0.0214 e. The maximum absolute atomic E-state index is 3.60. The molecule has 0 bridgehead atoms. The highest BCUT2D eigenvalue weighted by molar-refractivity contribution is 7.99. The van der Waals surface area contributed by atoms with Crippen LogP contribution in [0.4, 0.5) is 0 Å². The molecule has 1 saturated heterocycles. The monoisotopic (exact) mass is 270 g/mol. The van der Waals surface area contributed by atoms with Gasteiger partial charge in [-0.25, -0.2) is 0 Å². The lowest BCUT2D eigenvalue weighted by Crippen LogP contribution is -2.43. The molecule has 1 saturated carbocycles. The molecule has 0 aromatic heterocycles. The lowest BCUT2D eigenvalue weighted by Gasteiger charge is -2.37. The summed E-state index contributed by atoms with van der Waals surface area (Å²) in [5.74, 6) is 0.886. The van der Waals surface area contributed by atoms with Crippen LogP contribution in [0.2, 0.25) is 0 Å². The molecule has 3 heteroatoms. The number of rotatable bonds is 5. The second-order valence-electron chi connectivity index (χ2n) is 6.34. The fraction of sp³-hybridized carbons (Fsp3) is 1.00. The average molecular weight is 270 g/mol. The number of hydrogen-bond acceptors (Lipinski definition) is 3. The van der Waals surface area contributed by atoms with Crippen molar-refractivity contribution in [2.24, 2.45) is 5.92 Å². The van der Waals surface area contributed by atoms with Gasteiger partial charge in [0.1, 0.15) is 0 Å². The van der Waals surface area contributed by atoms with Gasteiger partial charge in [-0.3, -0.25) is 4.90 Å². The fourth-order valence-corrected chi connectivity index (χ4v) is 4.53. The van der Waals surface area contributed by atoms with E-state index in [1.165, 1.54) is 51.7 Å². The number of thioether (sulfide) groups is 1. The lowest BCUT2D eigenvalue weighted by molar-refractivity contribution is 0.191. The summed E-state index contributed by atoms with van der Waals surface area (Å²) in [6, 6.07) is 1.51. The third kappa shape index (κ3) is 3.88. The van der Waals surface area contributed by atoms with Crippen molar-refractivity contribution in [2.75, 3.05) is 25.9 Å². The van der Waals surface area contributed by atoms with Crippen LogP contribution in [-0.2, 0) is 0 Å². The van der Waals surface area contributed by atoms with Gasteiger partial charge in [-0.2, -0.15) is 11.8 Å². The summed E-state index contributed by atoms with van der Waals surface area (Å²) in [4.78, 5) is 2.80. The molecule has 0 amide bonds. The van der Waals surface area contributed by atoms with Crippen LogP contribution >= 0.6 is 11.8 Å². The Kier molecular flexibility index (Phi) is 5.84. The summed E-state index contributed by atoms with van der Waals surface area (Å²) >= 11 is 2.10. The first-order valence-corrected chi connectivity index (χ1v) is 8.99. The summed E-state index contributed by atoms with van der Waals surface area (Å²) in [7, 11) is 0. The molecule has 0 aromatic rings. The third-order valence-corrected chi connectivity index (χ3v) is 5.73. The third-order valence-electron chi connectivity index (χ3n) is 4.57. The number of hydrogen-bond donors (Lipinski definition) is 1. The molecule has 1 heterocycles. The van der Waals surface area contributed by atoms with Gasteiger partial charge in [0, 0.05) is 23.9 Å². The molecule has 1 aliphatic carbocycles. The molecular weight excluding hydrogens is 240 g/mol. The molecule has 1 aliphatic heterocycles. The standard InChI is InChI=1S/C15H30N2S/c1-12(2)16-10-13-8-9-17(11-13)14-6-4-5-7-15(14)18-3/h12-16H,4-11H2,1-3H3. The molecule has 3 atom stereocenters. The molecule has 2 nitrogen and oxygen atoms in total. The molecule has 0 radical (unpaired) electrons. The summed E-state index contributed by atoms with van der Waals surface area (Å²) in [6.45, 7) is 8.38. The van der Waals surface area contributed by atoms with E-state index in [0.29, 0.717) is 6.04 Å². The van der Waals surface area contributed by atoms with Gasteiger partial charge in [0.25, 0.3) is 0 Å². The van der Waals surface area contributed by atoms with E-state index in [0.717, 1.165) is 17.2 Å². The summed E-state index contributed by atoms with van der Waals surface area (Å²) in [5.41, 5.74) is 0. The first-order valence-electron chi connectivity index (χ1n) is 7.71. The molecule has 1 N–H and O–H groups in total. The second-order valence-corrected chi connectivity index (χ2v) is 7.42. The molecule has 3 unspecified atom stereocenters. The van der Waals surface area contributed by atoms with E-state index in [4.69, 9.17) is 0 Å². The first kappa shape index (κ1) is 14.7. The van der Waals surface area contributed by atoms with Crippen LogP contribution in [0.15, 0.2) is 0 Å². The minimum Gasteiger partial charge on any atom is -0.314 e. The van der Waals surface area contributed by atoms with Gasteiger partial charge in [-0.15, -0.1) is 0 Å². The van der Waals surface area contributed by atoms with Gasteiger partial charge in [0.15, 0.2) is 0 Å². The van der Waals surface area contributed by atoms with Gasteiger partial charge in [0.2, 0.25) is 0 Å². The topological polar surface area (TPSA) is 15.3 Å². The van der Waals surface area contributed by atoms with Gasteiger partial charge >= 0.3 is 0 Å². The van der Waals surface area contributed by atoms with Crippen molar-refractivity contribution in [3.8, 4) is 0 Å². The lowest BCUT2D eigenvalue weighted by atomic mass is 9.94. The number of nitrogens with zero attached hydrogens (tertiary/aromatic N) is 1. The van der Waals surface area contributed by atoms with Crippen LogP contribution < -0.4 is 5.32 Å². The van der Waals surface area contributed by atoms with Crippen LogP contribution in [0.25, 0.3) is 0 Å². The van der Waals surface area contributed by atoms with E-state index < -0.39 is 0 Å². The van der Waals surface area contributed by atoms with Crippen molar-refractivity contribution in [3.05, 3.63) is 0 Å². The normalized spacial score (nSPS) is 34.3. The highest BCUT2D eigenvalue weighted by Crippen LogP contribution is 2.33. The Hall–Kier alpha value is 0.270. The summed E-state index contributed by atoms with van der Waals surface area (Å²) < 4.78 is 0. The zero-order valence-corrected chi connectivity index (χ0v) is 13.1. The number of nitrogens with one attached hydrogen (secondary N) is 1. The van der Waals surface area contributed by atoms with Crippen LogP contribution in [0, 0.1) is 5.92 Å². The largest absolute Gasteiger partial charge is 0.314 e. The summed E-state index contributed by atoms with van der Waals surface area (Å²) in [6.07, 6.45) is 9.49. The maximum atomic E-state index is 3.60. The molecular formula is C15H30N2S. The Morgan fingerprint density at radius 1 is 1.22 bits per heavy atom. The Labute approximate surface area is 117 Å². The van der Waals surface area contributed by atoms with Crippen molar-refractivity contribution >= 4 is 11.8 Å². The first-order chi connectivity index (χ1) is 8.70. The molecule has 0 aromatic carbocycles. The second kappa shape index (κ2) is 7.16. The number of likely N-dealkylation sites (tertiary alicyclic amines) is 1. The zero-order chi connectivity index (χ0) is 13.0. The van der Waals surface area contributed by atoms with E-state index in [2.05, 4.69) is 42.1 Å². The quantitative estimate of drug-likeness (QED) is 0.827. The predicted octanol–water partition coefficient (Wildman–Crippen LogP) is 2.98. The zero-order valence-electron chi connectivity index (χ0n) is 12.3. The molecule has 2 fully saturated rings. The van der Waals surface area contributed by atoms with E-state index >= 15 is 0 Å². The van der Waals surface area contributed by atoms with Crippen molar-refractivity contribution in [1.82, 2.24) is 10.2 Å². The Bertz CT molecular complexity index is 245. The van der Waals surface area contributed by atoms with Gasteiger partial charge < -0.3 is 5.32 Å². The highest BCUT2D eigenvalue weighted by Gasteiger charge is 2.33. The molecule has 0 spiro atoms. The minimum absolute atomic E-state index is 0.632. The van der Waals surface area contributed by atoms with Crippen molar-refractivity contribution in [3.63, 3.8) is 0 Å². The SMILES string of the molecule is CSC1CCCCC1N1CCC(CNC(C)C)C1. The Morgan fingerprint density at radius 2 is 2.00 bits per heavy atom. The van der Waals surface area contributed by atoms with Crippen molar-refractivity contribution in [2.45, 2.75) is 63.3 Å². The van der Waals surface area contributed by atoms with Gasteiger partial charge in [-0.05, 0) is 44.5 Å². The molecule has 2 rings (SSSR count). The Morgan fingerprint density at radius 3 is 2.72 bits per heavy atom. The van der Waals surface area contributed by atoms with Crippen LogP contribution in [0.1, 0.15) is 46.0 Å². The Balaban J connectivity index is 1.79. The van der Waals surface area contributed by atoms with Crippen molar-refractivity contribution < 1.29 is 0 Å². The minimum atomic E-state index is 0.632. The van der Waals surface area contributed by atoms with Crippen molar-refractivity contribution in [1.29, 1.82) is 0 Å².